The molecule has 0 heterocycles. The fourth-order valence-corrected chi connectivity index (χ4v) is 0. The van der Waals surface area contributed by atoms with Gasteiger partial charge in [-0.15, -0.1) is 0 Å². The van der Waals surface area contributed by atoms with Gasteiger partial charge in [0.2, 0.25) is 0 Å². The zero-order chi connectivity index (χ0) is 3.58. The van der Waals surface area contributed by atoms with Gasteiger partial charge in [-0.3, -0.25) is 0 Å². The molecule has 0 saturated carbocycles. The Hall–Kier alpha value is -0.0362. The molecule has 0 aromatic rings. The Kier molecular flexibility index (Phi) is 155. The van der Waals surface area contributed by atoms with Gasteiger partial charge in [0.05, 0.1) is 0 Å². The van der Waals surface area contributed by atoms with E-state index in [2.05, 4.69) is 0 Å². The molecule has 0 aliphatic heterocycles. The van der Waals surface area contributed by atoms with Gasteiger partial charge in [0.15, 0.2) is 0 Å². The second-order valence-corrected chi connectivity index (χ2v) is 0.346. The SMILES string of the molecule is O.OB(O)O.[Be+2].[F-].[OH-]. The van der Waals surface area contributed by atoms with Crippen molar-refractivity contribution in [2.24, 2.45) is 0 Å². The summed E-state index contributed by atoms with van der Waals surface area (Å²) in [5.74, 6) is 0. The number of hydrogen-bond acceptors (Lipinski definition) is 4. The van der Waals surface area contributed by atoms with E-state index in [4.69, 9.17) is 15.1 Å². The maximum Gasteiger partial charge on any atom is 2.00 e. The van der Waals surface area contributed by atoms with Crippen LogP contribution in [0.1, 0.15) is 0 Å². The first-order chi connectivity index (χ1) is 1.73. The van der Waals surface area contributed by atoms with Crippen LogP contribution >= 0.6 is 0 Å². The summed E-state index contributed by atoms with van der Waals surface area (Å²) in [5.41, 5.74) is 0. The molecule has 48 valence electrons. The first-order valence-corrected chi connectivity index (χ1v) is 0.775. The number of rotatable bonds is 0. The van der Waals surface area contributed by atoms with E-state index in [9.17, 15) is 0 Å². The summed E-state index contributed by atoms with van der Waals surface area (Å²) < 4.78 is 0. The van der Waals surface area contributed by atoms with Gasteiger partial charge in [-0.05, 0) is 0 Å². The van der Waals surface area contributed by atoms with Gasteiger partial charge in [0.25, 0.3) is 0 Å². The molecule has 0 atom stereocenters. The molecule has 6 N–H and O–H groups in total. The van der Waals surface area contributed by atoms with Crippen LogP contribution in [-0.4, -0.2) is 43.5 Å². The molecule has 0 rings (SSSR count). The molecule has 0 amide bonds. The zero-order valence-corrected chi connectivity index (χ0v) is 3.95. The molecule has 0 spiro atoms. The molecule has 0 aliphatic carbocycles. The Labute approximate surface area is 49.3 Å². The van der Waals surface area contributed by atoms with Crippen molar-refractivity contribution in [2.75, 3.05) is 0 Å². The number of hydrogen-bond donors (Lipinski definition) is 3. The van der Waals surface area contributed by atoms with Crippen molar-refractivity contribution in [3.8, 4) is 0 Å². The largest absolute Gasteiger partial charge is 2.00 e. The Bertz CT molecular complexity index is 17.1. The van der Waals surface area contributed by atoms with Crippen LogP contribution in [-0.2, 0) is 0 Å². The van der Waals surface area contributed by atoms with Crippen LogP contribution in [0.3, 0.4) is 0 Å². The van der Waals surface area contributed by atoms with Crippen LogP contribution in [0.5, 0.6) is 0 Å². The summed E-state index contributed by atoms with van der Waals surface area (Å²) in [7, 11) is -2.17. The predicted molar refractivity (Wildman–Crippen MR) is 23.7 cm³/mol. The van der Waals surface area contributed by atoms with E-state index in [1.54, 1.807) is 0 Å². The van der Waals surface area contributed by atoms with Crippen LogP contribution in [0, 0.1) is 0 Å². The van der Waals surface area contributed by atoms with Gasteiger partial charge >= 0.3 is 17.4 Å². The first kappa shape index (κ1) is 44.0. The minimum atomic E-state index is -2.17. The average molecular weight is 125 g/mol. The Morgan fingerprint density at radius 3 is 1.00 bits per heavy atom. The molecule has 0 saturated heterocycles. The summed E-state index contributed by atoms with van der Waals surface area (Å²) >= 11 is 0. The third-order valence-corrected chi connectivity index (χ3v) is 0. The van der Waals surface area contributed by atoms with Crippen LogP contribution in [0.2, 0.25) is 0 Å². The molecular formula is H6BBeFO5. The van der Waals surface area contributed by atoms with Gasteiger partial charge in [-0.25, -0.2) is 0 Å². The Morgan fingerprint density at radius 2 is 1.00 bits per heavy atom. The van der Waals surface area contributed by atoms with Crippen LogP contribution in [0.25, 0.3) is 0 Å². The van der Waals surface area contributed by atoms with E-state index in [0.717, 1.165) is 0 Å². The summed E-state index contributed by atoms with van der Waals surface area (Å²) in [6.07, 6.45) is 0. The Balaban J connectivity index is -0.00000000750. The maximum atomic E-state index is 7.17. The summed E-state index contributed by atoms with van der Waals surface area (Å²) in [5, 5.41) is 21.5. The maximum absolute atomic E-state index is 7.17. The van der Waals surface area contributed by atoms with Gasteiger partial charge in [-0.2, -0.15) is 0 Å². The van der Waals surface area contributed by atoms with Crippen molar-refractivity contribution in [3.05, 3.63) is 0 Å². The van der Waals surface area contributed by atoms with Gasteiger partial charge in [0, 0.05) is 0 Å². The average Bonchev–Trinajstić information content (AvgIpc) is 0.811. The van der Waals surface area contributed by atoms with Gasteiger partial charge in [-0.1, -0.05) is 0 Å². The normalized spacial score (nSPS) is 3.38. The standard InChI is InChI=1S/BH3O3.Be.FH.2H2O/c2-1(3)4;;;;/h2-4H;;1H;2*1H2/q;+2;;;/p-2. The third-order valence-electron chi connectivity index (χ3n) is 0. The molecule has 0 bridgehead atoms. The molecule has 0 fully saturated rings. The van der Waals surface area contributed by atoms with E-state index in [-0.39, 0.29) is 25.8 Å². The molecule has 5 nitrogen and oxygen atoms in total. The quantitative estimate of drug-likeness (QED) is 0.278. The zero-order valence-electron chi connectivity index (χ0n) is 3.95. The van der Waals surface area contributed by atoms with E-state index in [1.165, 1.54) is 0 Å². The van der Waals surface area contributed by atoms with E-state index < -0.39 is 7.32 Å². The molecule has 8 heteroatoms. The smallest absolute Gasteiger partial charge is 1.00 e. The molecular weight excluding hydrogens is 119 g/mol. The van der Waals surface area contributed by atoms with Gasteiger partial charge < -0.3 is 30.7 Å². The summed E-state index contributed by atoms with van der Waals surface area (Å²) in [6, 6.07) is 0. The second-order valence-electron chi connectivity index (χ2n) is 0.346. The summed E-state index contributed by atoms with van der Waals surface area (Å²) in [6.45, 7) is 0. The van der Waals surface area contributed by atoms with Gasteiger partial charge in [0.1, 0.15) is 0 Å². The molecule has 0 unspecified atom stereocenters. The van der Waals surface area contributed by atoms with Crippen molar-refractivity contribution >= 4 is 17.4 Å². The molecule has 0 radical (unpaired) electrons. The Morgan fingerprint density at radius 1 is 1.00 bits per heavy atom. The topological polar surface area (TPSA) is 122 Å². The fourth-order valence-electron chi connectivity index (χ4n) is 0. The fraction of sp³-hybridized carbons (Fsp3) is 0. The minimum absolute atomic E-state index is 0. The van der Waals surface area contributed by atoms with Crippen LogP contribution < -0.4 is 4.70 Å². The molecule has 0 aliphatic rings. The van der Waals surface area contributed by atoms with Crippen molar-refractivity contribution in [1.82, 2.24) is 0 Å². The minimum Gasteiger partial charge on any atom is -1.00 e. The van der Waals surface area contributed by atoms with Crippen molar-refractivity contribution < 1.29 is 30.7 Å². The summed E-state index contributed by atoms with van der Waals surface area (Å²) in [4.78, 5) is 0. The first-order valence-electron chi connectivity index (χ1n) is 0.775. The molecule has 0 aromatic carbocycles. The third kappa shape index (κ3) is 112000. The number of halogens is 1. The van der Waals surface area contributed by atoms with E-state index in [0.29, 0.717) is 0 Å². The van der Waals surface area contributed by atoms with Crippen molar-refractivity contribution in [1.29, 1.82) is 0 Å². The van der Waals surface area contributed by atoms with E-state index >= 15 is 0 Å². The second kappa shape index (κ2) is 28.2. The predicted octanol–water partition coefficient (Wildman–Crippen LogP) is -6.43. The molecule has 8 heavy (non-hydrogen) atoms. The monoisotopic (exact) mass is 125 g/mol. The molecule has 0 aromatic heterocycles. The van der Waals surface area contributed by atoms with Crippen molar-refractivity contribution in [3.63, 3.8) is 0 Å². The van der Waals surface area contributed by atoms with Crippen LogP contribution in [0.4, 0.5) is 0 Å². The van der Waals surface area contributed by atoms with E-state index in [1.807, 2.05) is 0 Å². The van der Waals surface area contributed by atoms with Crippen LogP contribution in [0.15, 0.2) is 0 Å². The van der Waals surface area contributed by atoms with Crippen molar-refractivity contribution in [2.45, 2.75) is 0 Å².